The Morgan fingerprint density at radius 2 is 2.13 bits per heavy atom. The first kappa shape index (κ1) is 14.4. The van der Waals surface area contributed by atoms with E-state index in [2.05, 4.69) is 57.8 Å². The molecule has 1 aromatic carbocycles. The second-order valence-electron chi connectivity index (χ2n) is 6.54. The average Bonchev–Trinajstić information content (AvgIpc) is 3.10. The van der Waals surface area contributed by atoms with Crippen LogP contribution in [-0.4, -0.2) is 14.4 Å². The molecular formula is C19H22N4. The van der Waals surface area contributed by atoms with Crippen LogP contribution in [0.2, 0.25) is 0 Å². The molecular weight excluding hydrogens is 284 g/mol. The van der Waals surface area contributed by atoms with Gasteiger partial charge in [0.05, 0.1) is 11.9 Å². The lowest BCUT2D eigenvalue weighted by Crippen LogP contribution is -2.20. The van der Waals surface area contributed by atoms with Crippen molar-refractivity contribution < 1.29 is 0 Å². The molecule has 23 heavy (non-hydrogen) atoms. The normalized spacial score (nSPS) is 16.9. The molecule has 0 radical (unpaired) electrons. The number of aromatic nitrogens is 3. The first-order chi connectivity index (χ1) is 11.1. The van der Waals surface area contributed by atoms with Crippen LogP contribution in [0.1, 0.15) is 46.2 Å². The molecule has 4 heteroatoms. The van der Waals surface area contributed by atoms with Crippen LogP contribution in [0.3, 0.4) is 0 Å². The van der Waals surface area contributed by atoms with Gasteiger partial charge in [0.2, 0.25) is 5.78 Å². The highest BCUT2D eigenvalue weighted by Crippen LogP contribution is 2.33. The summed E-state index contributed by atoms with van der Waals surface area (Å²) >= 11 is 0. The van der Waals surface area contributed by atoms with E-state index in [0.29, 0.717) is 6.04 Å². The van der Waals surface area contributed by atoms with Crippen LogP contribution in [-0.2, 0) is 13.0 Å². The third kappa shape index (κ3) is 2.43. The molecule has 0 saturated heterocycles. The molecule has 4 nitrogen and oxygen atoms in total. The van der Waals surface area contributed by atoms with E-state index in [1.807, 2.05) is 13.1 Å². The molecule has 118 valence electrons. The summed E-state index contributed by atoms with van der Waals surface area (Å²) in [6.07, 6.45) is 4.29. The zero-order chi connectivity index (χ0) is 16.0. The Morgan fingerprint density at radius 3 is 3.00 bits per heavy atom. The van der Waals surface area contributed by atoms with Crippen LogP contribution in [0.25, 0.3) is 5.78 Å². The molecule has 1 N–H and O–H groups in total. The molecule has 4 rings (SSSR count). The Bertz CT molecular complexity index is 878. The first-order valence-electron chi connectivity index (χ1n) is 8.26. The maximum Gasteiger partial charge on any atom is 0.234 e. The van der Waals surface area contributed by atoms with Crippen molar-refractivity contribution >= 4 is 5.78 Å². The van der Waals surface area contributed by atoms with Gasteiger partial charge in [-0.2, -0.15) is 0 Å². The number of imidazole rings is 1. The van der Waals surface area contributed by atoms with Crippen LogP contribution < -0.4 is 5.32 Å². The fourth-order valence-corrected chi connectivity index (χ4v) is 3.80. The Kier molecular flexibility index (Phi) is 3.42. The molecule has 0 aliphatic heterocycles. The van der Waals surface area contributed by atoms with Gasteiger partial charge in [0, 0.05) is 24.0 Å². The molecule has 1 aliphatic rings. The number of aryl methyl sites for hydroxylation is 3. The zero-order valence-corrected chi connectivity index (χ0v) is 13.9. The van der Waals surface area contributed by atoms with Gasteiger partial charge in [0.1, 0.15) is 0 Å². The van der Waals surface area contributed by atoms with Crippen molar-refractivity contribution in [3.8, 4) is 0 Å². The minimum absolute atomic E-state index is 0.439. The van der Waals surface area contributed by atoms with E-state index in [1.54, 1.807) is 0 Å². The monoisotopic (exact) mass is 306 g/mol. The van der Waals surface area contributed by atoms with Crippen molar-refractivity contribution in [3.05, 3.63) is 64.2 Å². The fourth-order valence-electron chi connectivity index (χ4n) is 3.80. The molecule has 3 aromatic rings. The summed E-state index contributed by atoms with van der Waals surface area (Å²) in [5.41, 5.74) is 7.77. The van der Waals surface area contributed by atoms with E-state index in [9.17, 15) is 0 Å². The second kappa shape index (κ2) is 5.46. The van der Waals surface area contributed by atoms with E-state index in [4.69, 9.17) is 0 Å². The lowest BCUT2D eigenvalue weighted by atomic mass is 10.0. The first-order valence-corrected chi connectivity index (χ1v) is 8.26. The number of rotatable bonds is 3. The van der Waals surface area contributed by atoms with Crippen molar-refractivity contribution in [3.63, 3.8) is 0 Å². The lowest BCUT2D eigenvalue weighted by molar-refractivity contribution is 0.523. The smallest absolute Gasteiger partial charge is 0.234 e. The highest BCUT2D eigenvalue weighted by atomic mass is 15.1. The van der Waals surface area contributed by atoms with E-state index >= 15 is 0 Å². The second-order valence-corrected chi connectivity index (χ2v) is 6.54. The number of hydrogen-bond donors (Lipinski definition) is 1. The third-order valence-corrected chi connectivity index (χ3v) is 4.90. The quantitative estimate of drug-likeness (QED) is 0.806. The maximum atomic E-state index is 4.51. The van der Waals surface area contributed by atoms with Gasteiger partial charge in [-0.1, -0.05) is 18.2 Å². The van der Waals surface area contributed by atoms with Gasteiger partial charge in [0.25, 0.3) is 0 Å². The minimum Gasteiger partial charge on any atom is -0.304 e. The van der Waals surface area contributed by atoms with Gasteiger partial charge in [-0.15, -0.1) is 0 Å². The van der Waals surface area contributed by atoms with Crippen LogP contribution >= 0.6 is 0 Å². The lowest BCUT2D eigenvalue weighted by Gasteiger charge is -2.15. The van der Waals surface area contributed by atoms with E-state index in [1.165, 1.54) is 40.9 Å². The number of nitrogens with one attached hydrogen (secondary N) is 1. The zero-order valence-electron chi connectivity index (χ0n) is 13.9. The summed E-state index contributed by atoms with van der Waals surface area (Å²) in [5.74, 6) is 0.793. The van der Waals surface area contributed by atoms with Gasteiger partial charge >= 0.3 is 0 Å². The summed E-state index contributed by atoms with van der Waals surface area (Å²) in [6, 6.07) is 9.18. The predicted molar refractivity (Wildman–Crippen MR) is 91.5 cm³/mol. The van der Waals surface area contributed by atoms with Crippen LogP contribution in [0.15, 0.2) is 30.5 Å². The van der Waals surface area contributed by atoms with Gasteiger partial charge in [0.15, 0.2) is 0 Å². The summed E-state index contributed by atoms with van der Waals surface area (Å²) in [7, 11) is 0. The predicted octanol–water partition coefficient (Wildman–Crippen LogP) is 3.43. The summed E-state index contributed by atoms with van der Waals surface area (Å²) in [4.78, 5) is 8.96. The Balaban J connectivity index is 1.59. The number of nitrogens with zero attached hydrogens (tertiary/aromatic N) is 3. The van der Waals surface area contributed by atoms with Gasteiger partial charge in [-0.05, 0) is 56.4 Å². The van der Waals surface area contributed by atoms with Crippen molar-refractivity contribution in [2.75, 3.05) is 0 Å². The summed E-state index contributed by atoms with van der Waals surface area (Å²) in [5, 5.41) is 3.71. The number of fused-ring (bicyclic) bond motifs is 2. The number of benzene rings is 1. The van der Waals surface area contributed by atoms with Crippen molar-refractivity contribution in [2.45, 2.75) is 46.2 Å². The highest BCUT2D eigenvalue weighted by molar-refractivity contribution is 5.40. The molecule has 1 aliphatic carbocycles. The molecule has 1 atom stereocenters. The van der Waals surface area contributed by atoms with Gasteiger partial charge < -0.3 is 5.32 Å². The minimum atomic E-state index is 0.439. The Morgan fingerprint density at radius 1 is 1.26 bits per heavy atom. The van der Waals surface area contributed by atoms with Crippen LogP contribution in [0.4, 0.5) is 0 Å². The summed E-state index contributed by atoms with van der Waals surface area (Å²) in [6.45, 7) is 7.15. The molecule has 0 saturated carbocycles. The Hall–Kier alpha value is -2.20. The van der Waals surface area contributed by atoms with Crippen LogP contribution in [0, 0.1) is 20.8 Å². The van der Waals surface area contributed by atoms with Crippen molar-refractivity contribution in [1.29, 1.82) is 0 Å². The van der Waals surface area contributed by atoms with E-state index in [0.717, 1.165) is 18.0 Å². The SMILES string of the molecule is Cc1cc(C)n2c(CNC3CCc4c(C)cccc43)cnc2n1. The third-order valence-electron chi connectivity index (χ3n) is 4.90. The molecule has 1 unspecified atom stereocenters. The van der Waals surface area contributed by atoms with Gasteiger partial charge in [-0.25, -0.2) is 9.97 Å². The average molecular weight is 306 g/mol. The molecule has 2 aromatic heterocycles. The standard InChI is InChI=1S/C19H22N4/c1-12-5-4-6-17-16(12)7-8-18(17)20-10-15-11-21-19-22-13(2)9-14(3)23(15)19/h4-6,9,11,18,20H,7-8,10H2,1-3H3. The topological polar surface area (TPSA) is 42.2 Å². The fraction of sp³-hybridized carbons (Fsp3) is 0.368. The number of hydrogen-bond acceptors (Lipinski definition) is 3. The molecule has 0 bridgehead atoms. The largest absolute Gasteiger partial charge is 0.304 e. The molecule has 0 fully saturated rings. The van der Waals surface area contributed by atoms with Crippen molar-refractivity contribution in [1.82, 2.24) is 19.7 Å². The van der Waals surface area contributed by atoms with Gasteiger partial charge in [-0.3, -0.25) is 4.40 Å². The van der Waals surface area contributed by atoms with E-state index in [-0.39, 0.29) is 0 Å². The maximum absolute atomic E-state index is 4.51. The van der Waals surface area contributed by atoms with Crippen LogP contribution in [0.5, 0.6) is 0 Å². The van der Waals surface area contributed by atoms with E-state index < -0.39 is 0 Å². The molecule has 0 spiro atoms. The Labute approximate surface area is 136 Å². The highest BCUT2D eigenvalue weighted by Gasteiger charge is 2.23. The molecule has 0 amide bonds. The molecule has 2 heterocycles. The van der Waals surface area contributed by atoms with Crippen molar-refractivity contribution in [2.24, 2.45) is 0 Å². The summed E-state index contributed by atoms with van der Waals surface area (Å²) < 4.78 is 2.14.